The van der Waals surface area contributed by atoms with Gasteiger partial charge in [0.05, 0.1) is 24.3 Å². The van der Waals surface area contributed by atoms with Gasteiger partial charge in [-0.3, -0.25) is 13.9 Å². The maximum Gasteiger partial charge on any atom is 0.394 e. The number of hydrogen-bond acceptors (Lipinski definition) is 10. The minimum absolute atomic E-state index is 0. The largest absolute Gasteiger partial charge is 0.412 e. The van der Waals surface area contributed by atoms with Gasteiger partial charge < -0.3 is 57.0 Å². The lowest BCUT2D eigenvalue weighted by Crippen LogP contribution is -2.75. The fourth-order valence-corrected chi connectivity index (χ4v) is 3.69. The molecule has 2 heterocycles. The van der Waals surface area contributed by atoms with E-state index in [0.29, 0.717) is 0 Å². The van der Waals surface area contributed by atoms with Crippen molar-refractivity contribution in [2.45, 2.75) is 68.3 Å². The van der Waals surface area contributed by atoms with Gasteiger partial charge in [-0.15, -0.1) is 0 Å². The Morgan fingerprint density at radius 2 is 1.35 bits per heavy atom. The van der Waals surface area contributed by atoms with Crippen LogP contribution >= 0.6 is 0 Å². The van der Waals surface area contributed by atoms with Crippen LogP contribution in [0.15, 0.2) is 0 Å². The SMILES string of the molecule is CN[C@@H]1[C@H](O)[C@H](NC)[C@H]2O[C@H]3C(=O)C[C@@H](C)O[C@H]3O[C@@H]2[C@H]1O.O.O.O.O.O=S(=O)(O)O. The van der Waals surface area contributed by atoms with Crippen molar-refractivity contribution in [2.75, 3.05) is 14.1 Å². The minimum Gasteiger partial charge on any atom is -0.412 e. The summed E-state index contributed by atoms with van der Waals surface area (Å²) in [6.45, 7) is 1.80. The molecule has 0 aromatic heterocycles. The van der Waals surface area contributed by atoms with Gasteiger partial charge in [0.1, 0.15) is 18.3 Å². The number of carbonyl (C=O) groups is 1. The van der Waals surface area contributed by atoms with E-state index in [1.54, 1.807) is 21.0 Å². The van der Waals surface area contributed by atoms with E-state index < -0.39 is 59.3 Å². The molecule has 9 atom stereocenters. The van der Waals surface area contributed by atoms with Crippen LogP contribution in [0.25, 0.3) is 0 Å². The molecule has 2 saturated heterocycles. The van der Waals surface area contributed by atoms with Crippen LogP contribution in [0.1, 0.15) is 13.3 Å². The zero-order valence-corrected chi connectivity index (χ0v) is 17.9. The number of nitrogens with one attached hydrogen (secondary N) is 2. The Morgan fingerprint density at radius 1 is 0.871 bits per heavy atom. The first-order valence-electron chi connectivity index (χ1n) is 8.37. The fraction of sp³-hybridized carbons (Fsp3) is 0.929. The number of carbonyl (C=O) groups excluding carboxylic acids is 1. The van der Waals surface area contributed by atoms with Gasteiger partial charge in [0.15, 0.2) is 18.2 Å². The normalized spacial score (nSPS) is 38.8. The smallest absolute Gasteiger partial charge is 0.394 e. The quantitative estimate of drug-likeness (QED) is 0.198. The summed E-state index contributed by atoms with van der Waals surface area (Å²) in [7, 11) is -1.30. The summed E-state index contributed by atoms with van der Waals surface area (Å²) in [4.78, 5) is 12.1. The number of Topliss-reactive ketones (excluding diaryl/α,β-unsaturated/α-hetero) is 1. The molecule has 3 aliphatic rings. The van der Waals surface area contributed by atoms with Crippen molar-refractivity contribution < 1.29 is 68.6 Å². The zero-order chi connectivity index (χ0) is 20.5. The lowest BCUT2D eigenvalue weighted by atomic mass is 9.80. The van der Waals surface area contributed by atoms with Crippen molar-refractivity contribution in [1.29, 1.82) is 0 Å². The maximum absolute atomic E-state index is 12.1. The average Bonchev–Trinajstić information content (AvgIpc) is 2.53. The summed E-state index contributed by atoms with van der Waals surface area (Å²) in [5, 5.41) is 26.8. The number of ether oxygens (including phenoxy) is 3. The molecule has 31 heavy (non-hydrogen) atoms. The van der Waals surface area contributed by atoms with E-state index in [-0.39, 0.29) is 40.2 Å². The summed E-state index contributed by atoms with van der Waals surface area (Å²) in [6, 6.07) is -1.02. The molecular formula is C14H34N2O14S. The van der Waals surface area contributed by atoms with Crippen LogP contribution in [0.3, 0.4) is 0 Å². The standard InChI is InChI=1S/C14H24N2O6.H2O4S.4H2O/c1-5-4-6(17)11-14(20-5)22-13-10(19)7(15-2)9(18)8(16-3)12(13)21-11;1-5(2,3)4;;;;/h5,7-16,18-19H,4H2,1-3H3;(H2,1,2,3,4);4*1H2/t5-,7-,8+,9+,10+,11+,12-,13-,14+;;;;;/m1...../s1. The summed E-state index contributed by atoms with van der Waals surface area (Å²) in [5.41, 5.74) is 0. The van der Waals surface area contributed by atoms with E-state index in [1.165, 1.54) is 0 Å². The van der Waals surface area contributed by atoms with Gasteiger partial charge in [0.2, 0.25) is 0 Å². The van der Waals surface area contributed by atoms with Gasteiger partial charge in [0.25, 0.3) is 0 Å². The van der Waals surface area contributed by atoms with Crippen molar-refractivity contribution in [1.82, 2.24) is 10.6 Å². The average molecular weight is 486 g/mol. The molecule has 3 fully saturated rings. The van der Waals surface area contributed by atoms with Crippen LogP contribution in [0.2, 0.25) is 0 Å². The second-order valence-electron chi connectivity index (χ2n) is 6.67. The van der Waals surface area contributed by atoms with Crippen LogP contribution in [0.4, 0.5) is 0 Å². The Labute approximate surface area is 178 Å². The number of aliphatic hydroxyl groups is 2. The number of aliphatic hydroxyl groups excluding tert-OH is 2. The van der Waals surface area contributed by atoms with E-state index in [1.807, 2.05) is 0 Å². The van der Waals surface area contributed by atoms with Crippen molar-refractivity contribution in [2.24, 2.45) is 0 Å². The molecule has 2 aliphatic heterocycles. The predicted molar refractivity (Wildman–Crippen MR) is 104 cm³/mol. The Morgan fingerprint density at radius 3 is 1.81 bits per heavy atom. The Bertz CT molecular complexity index is 629. The van der Waals surface area contributed by atoms with Crippen molar-refractivity contribution in [3.63, 3.8) is 0 Å². The number of rotatable bonds is 2. The van der Waals surface area contributed by atoms with E-state index in [0.717, 1.165) is 0 Å². The maximum atomic E-state index is 12.1. The lowest BCUT2D eigenvalue weighted by molar-refractivity contribution is -0.340. The van der Waals surface area contributed by atoms with Crippen LogP contribution < -0.4 is 10.6 Å². The molecule has 0 amide bonds. The van der Waals surface area contributed by atoms with Crippen molar-refractivity contribution >= 4 is 16.2 Å². The first kappa shape index (κ1) is 34.7. The molecule has 0 bridgehead atoms. The van der Waals surface area contributed by atoms with Gasteiger partial charge in [-0.2, -0.15) is 8.42 Å². The number of likely N-dealkylation sites (N-methyl/N-ethyl adjacent to an activating group) is 2. The molecule has 3 rings (SSSR count). The van der Waals surface area contributed by atoms with Crippen LogP contribution in [-0.2, 0) is 29.4 Å². The third-order valence-electron chi connectivity index (χ3n) is 4.80. The first-order chi connectivity index (χ1) is 12.5. The third-order valence-corrected chi connectivity index (χ3v) is 4.80. The number of ketones is 1. The molecule has 0 spiro atoms. The molecule has 0 unspecified atom stereocenters. The topological polar surface area (TPSA) is 310 Å². The molecular weight excluding hydrogens is 452 g/mol. The highest BCUT2D eigenvalue weighted by molar-refractivity contribution is 7.79. The van der Waals surface area contributed by atoms with E-state index in [4.69, 9.17) is 31.7 Å². The van der Waals surface area contributed by atoms with Gasteiger partial charge in [-0.05, 0) is 21.0 Å². The highest BCUT2D eigenvalue weighted by atomic mass is 32.3. The molecule has 0 aromatic rings. The van der Waals surface area contributed by atoms with Crippen LogP contribution in [0.5, 0.6) is 0 Å². The first-order valence-corrected chi connectivity index (χ1v) is 9.77. The highest BCUT2D eigenvalue weighted by Gasteiger charge is 2.57. The second-order valence-corrected chi connectivity index (χ2v) is 7.56. The molecule has 1 aliphatic carbocycles. The monoisotopic (exact) mass is 486 g/mol. The second kappa shape index (κ2) is 13.6. The van der Waals surface area contributed by atoms with Gasteiger partial charge in [-0.25, -0.2) is 0 Å². The van der Waals surface area contributed by atoms with Crippen molar-refractivity contribution in [3.05, 3.63) is 0 Å². The highest BCUT2D eigenvalue weighted by Crippen LogP contribution is 2.35. The van der Waals surface area contributed by atoms with Gasteiger partial charge >= 0.3 is 10.4 Å². The van der Waals surface area contributed by atoms with Gasteiger partial charge in [0, 0.05) is 6.42 Å². The molecule has 190 valence electrons. The molecule has 17 heteroatoms. The molecule has 16 nitrogen and oxygen atoms in total. The van der Waals surface area contributed by atoms with E-state index in [9.17, 15) is 15.0 Å². The van der Waals surface area contributed by atoms with Crippen LogP contribution in [0, 0.1) is 0 Å². The van der Waals surface area contributed by atoms with E-state index in [2.05, 4.69) is 10.6 Å². The number of hydrogen-bond donors (Lipinski definition) is 6. The summed E-state index contributed by atoms with van der Waals surface area (Å²) in [5.74, 6) is -0.0724. The minimum atomic E-state index is -4.67. The van der Waals surface area contributed by atoms with Crippen LogP contribution in [-0.4, -0.2) is 125 Å². The third kappa shape index (κ3) is 8.18. The molecule has 0 aromatic carbocycles. The Balaban J connectivity index is -0.000000790. The van der Waals surface area contributed by atoms with E-state index >= 15 is 0 Å². The lowest BCUT2D eigenvalue weighted by Gasteiger charge is -2.53. The predicted octanol–water partition coefficient (Wildman–Crippen LogP) is -6.20. The van der Waals surface area contributed by atoms with Crippen molar-refractivity contribution in [3.8, 4) is 0 Å². The molecule has 14 N–H and O–H groups in total. The zero-order valence-electron chi connectivity index (χ0n) is 17.0. The summed E-state index contributed by atoms with van der Waals surface area (Å²) < 4.78 is 49.0. The Kier molecular flexibility index (Phi) is 15.2. The number of fused-ring (bicyclic) bond motifs is 2. The fourth-order valence-electron chi connectivity index (χ4n) is 3.69. The summed E-state index contributed by atoms with van der Waals surface area (Å²) in [6.07, 6.45) is -4.72. The molecule has 0 radical (unpaired) electrons. The molecule has 1 saturated carbocycles. The Hall–Kier alpha value is -0.900. The summed E-state index contributed by atoms with van der Waals surface area (Å²) >= 11 is 0. The van der Waals surface area contributed by atoms with Gasteiger partial charge in [-0.1, -0.05) is 0 Å².